The summed E-state index contributed by atoms with van der Waals surface area (Å²) in [7, 11) is 0. The van der Waals surface area contributed by atoms with Gasteiger partial charge in [-0.2, -0.15) is 9.97 Å². The van der Waals surface area contributed by atoms with Gasteiger partial charge >= 0.3 is 0 Å². The van der Waals surface area contributed by atoms with Crippen LogP contribution in [0.4, 0.5) is 23.5 Å². The highest BCUT2D eigenvalue weighted by Gasteiger charge is 2.27. The predicted molar refractivity (Wildman–Crippen MR) is 152 cm³/mol. The van der Waals surface area contributed by atoms with Crippen molar-refractivity contribution in [2.45, 2.75) is 58.8 Å². The molecule has 0 spiro atoms. The van der Waals surface area contributed by atoms with Gasteiger partial charge in [0.15, 0.2) is 11.6 Å². The lowest BCUT2D eigenvalue weighted by atomic mass is 10.1. The minimum absolute atomic E-state index is 0.0320. The fourth-order valence-corrected chi connectivity index (χ4v) is 5.30. The molecule has 0 bridgehead atoms. The van der Waals surface area contributed by atoms with Crippen LogP contribution in [0.1, 0.15) is 58.8 Å². The monoisotopic (exact) mass is 530 g/mol. The Balaban J connectivity index is 1.92. The van der Waals surface area contributed by atoms with Crippen LogP contribution in [0.25, 0.3) is 11.0 Å². The average Bonchev–Trinajstić information content (AvgIpc) is 2.95. The summed E-state index contributed by atoms with van der Waals surface area (Å²) in [6.07, 6.45) is 7.79. The van der Waals surface area contributed by atoms with Crippen LogP contribution in [0, 0.1) is 5.92 Å². The summed E-state index contributed by atoms with van der Waals surface area (Å²) in [6, 6.07) is 0. The first-order chi connectivity index (χ1) is 18.5. The van der Waals surface area contributed by atoms with Gasteiger partial charge in [0.05, 0.1) is 19.8 Å². The number of aliphatic hydroxyl groups excluding tert-OH is 3. The van der Waals surface area contributed by atoms with E-state index in [0.717, 1.165) is 87.5 Å². The molecule has 3 N–H and O–H groups in total. The molecule has 38 heavy (non-hydrogen) atoms. The second-order valence-corrected chi connectivity index (χ2v) is 10.8. The topological polar surface area (TPSA) is 125 Å². The SMILES string of the molecule is CC(C)CCN(CCO)c1nc(N2CCCCC2)c2nc(N(CCO)CCO)nc(N3CCCCC3)c2n1. The van der Waals surface area contributed by atoms with Gasteiger partial charge in [-0.05, 0) is 50.9 Å². The molecule has 0 saturated carbocycles. The Morgan fingerprint density at radius 3 is 1.37 bits per heavy atom. The number of nitrogens with zero attached hydrogens (tertiary/aromatic N) is 8. The van der Waals surface area contributed by atoms with Crippen molar-refractivity contribution in [1.29, 1.82) is 0 Å². The molecule has 0 unspecified atom stereocenters. The van der Waals surface area contributed by atoms with Gasteiger partial charge in [-0.25, -0.2) is 9.97 Å². The van der Waals surface area contributed by atoms with Crippen LogP contribution in [0.3, 0.4) is 0 Å². The summed E-state index contributed by atoms with van der Waals surface area (Å²) in [5.74, 6) is 3.23. The molecule has 2 fully saturated rings. The molecule has 0 aromatic carbocycles. The normalized spacial score (nSPS) is 16.5. The van der Waals surface area contributed by atoms with Crippen LogP contribution in [0.5, 0.6) is 0 Å². The van der Waals surface area contributed by atoms with Crippen molar-refractivity contribution in [2.24, 2.45) is 5.92 Å². The summed E-state index contributed by atoms with van der Waals surface area (Å²) in [4.78, 5) is 28.7. The standard InChI is InChI=1S/C27H46N8O3/c1-21(2)9-14-34(15-18-36)26-28-22-23(24(30-26)32-10-5-3-6-11-32)29-27(35(16-19-37)17-20-38)31-25(22)33-12-7-4-8-13-33/h21,36-38H,3-20H2,1-2H3. The van der Waals surface area contributed by atoms with Gasteiger partial charge in [-0.3, -0.25) is 0 Å². The van der Waals surface area contributed by atoms with Crippen LogP contribution in [-0.4, -0.2) is 107 Å². The van der Waals surface area contributed by atoms with E-state index >= 15 is 0 Å². The van der Waals surface area contributed by atoms with Gasteiger partial charge < -0.3 is 34.9 Å². The maximum atomic E-state index is 9.86. The van der Waals surface area contributed by atoms with Gasteiger partial charge in [0.1, 0.15) is 11.0 Å². The number of piperidine rings is 2. The second kappa shape index (κ2) is 14.0. The Morgan fingerprint density at radius 1 is 0.605 bits per heavy atom. The Hall–Kier alpha value is -2.50. The van der Waals surface area contributed by atoms with E-state index < -0.39 is 0 Å². The van der Waals surface area contributed by atoms with Crippen molar-refractivity contribution in [3.8, 4) is 0 Å². The molecule has 2 aromatic rings. The molecule has 2 aliphatic heterocycles. The lowest BCUT2D eigenvalue weighted by Crippen LogP contribution is -2.36. The molecule has 2 saturated heterocycles. The first-order valence-corrected chi connectivity index (χ1v) is 14.5. The Morgan fingerprint density at radius 2 is 1.00 bits per heavy atom. The summed E-state index contributed by atoms with van der Waals surface area (Å²) in [5.41, 5.74) is 1.46. The summed E-state index contributed by atoms with van der Waals surface area (Å²) in [5, 5.41) is 29.3. The number of anilines is 4. The van der Waals surface area contributed by atoms with Crippen LogP contribution < -0.4 is 19.6 Å². The highest BCUT2D eigenvalue weighted by atomic mass is 16.3. The fraction of sp³-hybridized carbons (Fsp3) is 0.778. The maximum Gasteiger partial charge on any atom is 0.228 e. The summed E-state index contributed by atoms with van der Waals surface area (Å²) in [6.45, 7) is 9.85. The summed E-state index contributed by atoms with van der Waals surface area (Å²) < 4.78 is 0. The highest BCUT2D eigenvalue weighted by molar-refractivity contribution is 5.95. The highest BCUT2D eigenvalue weighted by Crippen LogP contribution is 2.34. The lowest BCUT2D eigenvalue weighted by molar-refractivity contribution is 0.280. The van der Waals surface area contributed by atoms with E-state index in [4.69, 9.17) is 19.9 Å². The van der Waals surface area contributed by atoms with Crippen molar-refractivity contribution >= 4 is 34.6 Å². The van der Waals surface area contributed by atoms with Crippen LogP contribution in [0.2, 0.25) is 0 Å². The number of rotatable bonds is 13. The molecule has 0 radical (unpaired) electrons. The molecule has 4 heterocycles. The van der Waals surface area contributed by atoms with E-state index in [-0.39, 0.29) is 19.8 Å². The van der Waals surface area contributed by atoms with E-state index in [1.165, 1.54) is 12.8 Å². The molecular weight excluding hydrogens is 484 g/mol. The minimum atomic E-state index is -0.0547. The zero-order valence-corrected chi connectivity index (χ0v) is 23.2. The fourth-order valence-electron chi connectivity index (χ4n) is 5.30. The maximum absolute atomic E-state index is 9.86. The van der Waals surface area contributed by atoms with Gasteiger partial charge in [0, 0.05) is 52.4 Å². The number of hydrogen-bond acceptors (Lipinski definition) is 11. The van der Waals surface area contributed by atoms with Crippen molar-refractivity contribution < 1.29 is 15.3 Å². The Labute approximate surface area is 226 Å². The zero-order valence-electron chi connectivity index (χ0n) is 23.2. The molecule has 2 aromatic heterocycles. The van der Waals surface area contributed by atoms with Crippen molar-refractivity contribution in [3.05, 3.63) is 0 Å². The smallest absolute Gasteiger partial charge is 0.228 e. The van der Waals surface area contributed by atoms with Gasteiger partial charge in [-0.1, -0.05) is 13.8 Å². The Bertz CT molecular complexity index is 1010. The zero-order chi connectivity index (χ0) is 26.9. The number of aliphatic hydroxyl groups is 3. The molecule has 212 valence electrons. The number of hydrogen-bond donors (Lipinski definition) is 3. The largest absolute Gasteiger partial charge is 0.395 e. The van der Waals surface area contributed by atoms with E-state index in [2.05, 4.69) is 28.5 Å². The number of fused-ring (bicyclic) bond motifs is 1. The molecular formula is C27H46N8O3. The third-order valence-corrected chi connectivity index (χ3v) is 7.45. The van der Waals surface area contributed by atoms with E-state index in [0.29, 0.717) is 37.4 Å². The van der Waals surface area contributed by atoms with Crippen LogP contribution in [0.15, 0.2) is 0 Å². The molecule has 0 aliphatic carbocycles. The van der Waals surface area contributed by atoms with Crippen molar-refractivity contribution in [1.82, 2.24) is 19.9 Å². The third kappa shape index (κ3) is 6.92. The molecule has 11 nitrogen and oxygen atoms in total. The van der Waals surface area contributed by atoms with Gasteiger partial charge in [0.25, 0.3) is 0 Å². The molecule has 0 atom stereocenters. The summed E-state index contributed by atoms with van der Waals surface area (Å²) >= 11 is 0. The first kappa shape index (κ1) is 28.5. The van der Waals surface area contributed by atoms with Gasteiger partial charge in [0.2, 0.25) is 11.9 Å². The van der Waals surface area contributed by atoms with Crippen molar-refractivity contribution in [2.75, 3.05) is 91.8 Å². The van der Waals surface area contributed by atoms with E-state index in [9.17, 15) is 15.3 Å². The average molecular weight is 531 g/mol. The predicted octanol–water partition coefficient (Wildman–Crippen LogP) is 2.04. The molecule has 2 aliphatic rings. The molecule has 0 amide bonds. The van der Waals surface area contributed by atoms with Crippen LogP contribution in [-0.2, 0) is 0 Å². The van der Waals surface area contributed by atoms with E-state index in [1.807, 2.05) is 4.90 Å². The third-order valence-electron chi connectivity index (χ3n) is 7.45. The number of aromatic nitrogens is 4. The lowest BCUT2D eigenvalue weighted by Gasteiger charge is -2.33. The van der Waals surface area contributed by atoms with Crippen LogP contribution >= 0.6 is 0 Å². The molecule has 4 rings (SSSR count). The first-order valence-electron chi connectivity index (χ1n) is 14.5. The van der Waals surface area contributed by atoms with E-state index in [1.54, 1.807) is 0 Å². The van der Waals surface area contributed by atoms with Crippen molar-refractivity contribution in [3.63, 3.8) is 0 Å². The second-order valence-electron chi connectivity index (χ2n) is 10.8. The molecule has 11 heteroatoms. The quantitative estimate of drug-likeness (QED) is 0.352. The Kier molecular flexibility index (Phi) is 10.5. The minimum Gasteiger partial charge on any atom is -0.395 e. The van der Waals surface area contributed by atoms with Gasteiger partial charge in [-0.15, -0.1) is 0 Å².